The molecule has 1 saturated heterocycles. The summed E-state index contributed by atoms with van der Waals surface area (Å²) < 4.78 is 45.4. The molecule has 0 saturated carbocycles. The van der Waals surface area contributed by atoms with Gasteiger partial charge in [0.1, 0.15) is 0 Å². The van der Waals surface area contributed by atoms with Crippen LogP contribution in [0.2, 0.25) is 0 Å². The lowest BCUT2D eigenvalue weighted by Gasteiger charge is -2.45. The van der Waals surface area contributed by atoms with Gasteiger partial charge in [0.15, 0.2) is 0 Å². The summed E-state index contributed by atoms with van der Waals surface area (Å²) in [6.45, 7) is -0.117. The second-order valence-electron chi connectivity index (χ2n) is 6.58. The third-order valence-corrected chi connectivity index (χ3v) is 5.78. The minimum Gasteiger partial charge on any atom is -0.394 e. The quantitative estimate of drug-likeness (QED) is 0.802. The standard InChI is InChI=1S/C18H18F3NO2S/c19-18(20,21)11-1-4-15-14(7-11)17-13(3-2-12(8-23)24-17)16(22-15)10-5-6-25-9-10/h1,4-7,9,12-13,16-17,22-23H,2-3,8H2/t12?,13-,16-,17-/m0/s1. The van der Waals surface area contributed by atoms with Gasteiger partial charge in [-0.25, -0.2) is 0 Å². The third-order valence-electron chi connectivity index (χ3n) is 5.08. The van der Waals surface area contributed by atoms with Crippen molar-refractivity contribution >= 4 is 17.0 Å². The van der Waals surface area contributed by atoms with Crippen molar-refractivity contribution in [3.05, 3.63) is 51.7 Å². The van der Waals surface area contributed by atoms with Crippen LogP contribution in [0.15, 0.2) is 35.0 Å². The van der Waals surface area contributed by atoms with Crippen LogP contribution in [0, 0.1) is 5.92 Å². The molecule has 1 fully saturated rings. The highest BCUT2D eigenvalue weighted by molar-refractivity contribution is 7.08. The summed E-state index contributed by atoms with van der Waals surface area (Å²) in [6, 6.07) is 5.80. The number of fused-ring (bicyclic) bond motifs is 3. The Morgan fingerprint density at radius 2 is 2.08 bits per heavy atom. The van der Waals surface area contributed by atoms with Crippen LogP contribution in [0.4, 0.5) is 18.9 Å². The molecule has 3 heterocycles. The first-order valence-corrected chi connectivity index (χ1v) is 9.17. The maximum absolute atomic E-state index is 13.1. The fraction of sp³-hybridized carbons (Fsp3) is 0.444. The van der Waals surface area contributed by atoms with Crippen LogP contribution in [0.25, 0.3) is 0 Å². The molecule has 1 aromatic heterocycles. The number of nitrogens with one attached hydrogen (secondary N) is 1. The highest BCUT2D eigenvalue weighted by Crippen LogP contribution is 2.51. The number of benzene rings is 1. The van der Waals surface area contributed by atoms with Crippen molar-refractivity contribution in [3.63, 3.8) is 0 Å². The van der Waals surface area contributed by atoms with Gasteiger partial charge in [0, 0.05) is 17.2 Å². The van der Waals surface area contributed by atoms with Gasteiger partial charge in [-0.05, 0) is 53.4 Å². The van der Waals surface area contributed by atoms with Gasteiger partial charge in [-0.15, -0.1) is 0 Å². The Morgan fingerprint density at radius 1 is 1.24 bits per heavy atom. The Hall–Kier alpha value is -1.57. The summed E-state index contributed by atoms with van der Waals surface area (Å²) in [5.74, 6) is 0.0355. The van der Waals surface area contributed by atoms with E-state index < -0.39 is 17.8 Å². The van der Waals surface area contributed by atoms with Crippen LogP contribution in [0.5, 0.6) is 0 Å². The maximum atomic E-state index is 13.1. The van der Waals surface area contributed by atoms with Crippen molar-refractivity contribution in [1.29, 1.82) is 0 Å². The second kappa shape index (κ2) is 6.30. The highest BCUT2D eigenvalue weighted by Gasteiger charge is 2.43. The minimum absolute atomic E-state index is 0.000120. The third kappa shape index (κ3) is 3.05. The van der Waals surface area contributed by atoms with E-state index >= 15 is 0 Å². The van der Waals surface area contributed by atoms with Crippen molar-refractivity contribution < 1.29 is 23.0 Å². The van der Waals surface area contributed by atoms with Crippen molar-refractivity contribution in [2.24, 2.45) is 5.92 Å². The zero-order valence-corrected chi connectivity index (χ0v) is 14.1. The molecule has 0 spiro atoms. The van der Waals surface area contributed by atoms with E-state index in [0.717, 1.165) is 18.1 Å². The molecule has 0 aliphatic carbocycles. The molecule has 0 amide bonds. The number of rotatable bonds is 2. The number of anilines is 1. The molecule has 2 N–H and O–H groups in total. The second-order valence-corrected chi connectivity index (χ2v) is 7.36. The van der Waals surface area contributed by atoms with Crippen molar-refractivity contribution in [3.8, 4) is 0 Å². The van der Waals surface area contributed by atoms with Crippen LogP contribution >= 0.6 is 11.3 Å². The summed E-state index contributed by atoms with van der Waals surface area (Å²) in [5, 5.41) is 16.9. The van der Waals surface area contributed by atoms with Crippen molar-refractivity contribution in [1.82, 2.24) is 0 Å². The minimum atomic E-state index is -4.39. The monoisotopic (exact) mass is 369 g/mol. The summed E-state index contributed by atoms with van der Waals surface area (Å²) in [4.78, 5) is 0. The summed E-state index contributed by atoms with van der Waals surface area (Å²) in [7, 11) is 0. The van der Waals surface area contributed by atoms with Gasteiger partial charge in [-0.2, -0.15) is 24.5 Å². The molecule has 7 heteroatoms. The molecule has 4 atom stereocenters. The highest BCUT2D eigenvalue weighted by atomic mass is 32.1. The molecule has 25 heavy (non-hydrogen) atoms. The molecule has 2 aliphatic heterocycles. The number of aliphatic hydroxyl groups is 1. The zero-order valence-electron chi connectivity index (χ0n) is 13.3. The van der Waals surface area contributed by atoms with E-state index in [9.17, 15) is 18.3 Å². The predicted molar refractivity (Wildman–Crippen MR) is 89.6 cm³/mol. The van der Waals surface area contributed by atoms with E-state index in [0.29, 0.717) is 17.7 Å². The average Bonchev–Trinajstić information content (AvgIpc) is 3.13. The SMILES string of the molecule is OCC1CC[C@@H]2[C@H](O1)c1cc(C(F)(F)F)ccc1N[C@H]2c1ccsc1. The van der Waals surface area contributed by atoms with Gasteiger partial charge in [-0.1, -0.05) is 0 Å². The van der Waals surface area contributed by atoms with Crippen molar-refractivity contribution in [2.45, 2.75) is 37.3 Å². The molecule has 1 unspecified atom stereocenters. The van der Waals surface area contributed by atoms with E-state index in [4.69, 9.17) is 4.74 Å². The maximum Gasteiger partial charge on any atom is 0.416 e. The number of alkyl halides is 3. The number of thiophene rings is 1. The molecular weight excluding hydrogens is 351 g/mol. The predicted octanol–water partition coefficient (Wildman–Crippen LogP) is 4.76. The summed E-state index contributed by atoms with van der Waals surface area (Å²) in [6.07, 6.45) is -3.67. The average molecular weight is 369 g/mol. The first-order valence-electron chi connectivity index (χ1n) is 8.23. The number of hydrogen-bond acceptors (Lipinski definition) is 4. The number of aliphatic hydroxyl groups excluding tert-OH is 1. The molecule has 0 radical (unpaired) electrons. The van der Waals surface area contributed by atoms with Crippen LogP contribution in [0.1, 0.15) is 41.7 Å². The lowest BCUT2D eigenvalue weighted by molar-refractivity contribution is -0.138. The lowest BCUT2D eigenvalue weighted by atomic mass is 9.77. The zero-order chi connectivity index (χ0) is 17.6. The van der Waals surface area contributed by atoms with E-state index in [-0.39, 0.29) is 24.7 Å². The Bertz CT molecular complexity index is 747. The van der Waals surface area contributed by atoms with Crippen LogP contribution < -0.4 is 5.32 Å². The fourth-order valence-electron chi connectivity index (χ4n) is 3.85. The lowest BCUT2D eigenvalue weighted by Crippen LogP contribution is -2.40. The topological polar surface area (TPSA) is 41.5 Å². The first-order chi connectivity index (χ1) is 12.0. The molecule has 3 nitrogen and oxygen atoms in total. The molecule has 2 aromatic rings. The molecule has 0 bridgehead atoms. The van der Waals surface area contributed by atoms with Crippen molar-refractivity contribution in [2.75, 3.05) is 11.9 Å². The smallest absolute Gasteiger partial charge is 0.394 e. The number of ether oxygens (including phenoxy) is 1. The Labute approximate surface area is 147 Å². The van der Waals surface area contributed by atoms with Gasteiger partial charge < -0.3 is 15.2 Å². The normalized spacial score (nSPS) is 28.8. The fourth-order valence-corrected chi connectivity index (χ4v) is 4.55. The number of halogens is 3. The molecule has 134 valence electrons. The van der Waals surface area contributed by atoms with E-state index in [1.807, 2.05) is 11.4 Å². The Balaban J connectivity index is 1.77. The summed E-state index contributed by atoms with van der Waals surface area (Å²) in [5.41, 5.74) is 1.65. The van der Waals surface area contributed by atoms with E-state index in [2.05, 4.69) is 10.7 Å². The molecule has 2 aliphatic rings. The van der Waals surface area contributed by atoms with Gasteiger partial charge in [-0.3, -0.25) is 0 Å². The Kier molecular flexibility index (Phi) is 4.25. The molecule has 1 aromatic carbocycles. The number of hydrogen-bond donors (Lipinski definition) is 2. The van der Waals surface area contributed by atoms with Gasteiger partial charge >= 0.3 is 6.18 Å². The van der Waals surface area contributed by atoms with Gasteiger partial charge in [0.05, 0.1) is 30.4 Å². The molecule has 4 rings (SSSR count). The summed E-state index contributed by atoms with van der Waals surface area (Å²) >= 11 is 1.60. The largest absolute Gasteiger partial charge is 0.416 e. The van der Waals surface area contributed by atoms with E-state index in [1.165, 1.54) is 12.1 Å². The first kappa shape index (κ1) is 16.9. The Morgan fingerprint density at radius 3 is 2.76 bits per heavy atom. The van der Waals surface area contributed by atoms with Gasteiger partial charge in [0.2, 0.25) is 0 Å². The van der Waals surface area contributed by atoms with Crippen LogP contribution in [0.3, 0.4) is 0 Å². The van der Waals surface area contributed by atoms with Crippen LogP contribution in [-0.4, -0.2) is 17.8 Å². The van der Waals surface area contributed by atoms with Crippen LogP contribution in [-0.2, 0) is 10.9 Å². The molecular formula is C18H18F3NO2S. The van der Waals surface area contributed by atoms with E-state index in [1.54, 1.807) is 11.3 Å². The van der Waals surface area contributed by atoms with Gasteiger partial charge in [0.25, 0.3) is 0 Å².